The second-order valence-corrected chi connectivity index (χ2v) is 6.89. The summed E-state index contributed by atoms with van der Waals surface area (Å²) in [5.74, 6) is -0.159. The Bertz CT molecular complexity index is 768. The lowest BCUT2D eigenvalue weighted by molar-refractivity contribution is 0.0717. The summed E-state index contributed by atoms with van der Waals surface area (Å²) >= 11 is 5.85. The van der Waals surface area contributed by atoms with Crippen molar-refractivity contribution >= 4 is 23.4 Å². The first kappa shape index (κ1) is 18.4. The normalized spacial score (nSPS) is 14.3. The third-order valence-electron chi connectivity index (χ3n) is 4.50. The first-order valence-corrected chi connectivity index (χ1v) is 9.13. The molecule has 0 bridgehead atoms. The zero-order chi connectivity index (χ0) is 18.5. The van der Waals surface area contributed by atoms with Crippen LogP contribution in [0, 0.1) is 0 Å². The van der Waals surface area contributed by atoms with Crippen LogP contribution in [0.1, 0.15) is 40.1 Å². The number of aromatic nitrogens is 3. The molecule has 1 aliphatic rings. The van der Waals surface area contributed by atoms with Gasteiger partial charge in [-0.15, -0.1) is 5.10 Å². The van der Waals surface area contributed by atoms with Gasteiger partial charge in [0.1, 0.15) is 0 Å². The highest BCUT2D eigenvalue weighted by Gasteiger charge is 2.21. The highest BCUT2D eigenvalue weighted by Crippen LogP contribution is 2.12. The van der Waals surface area contributed by atoms with Gasteiger partial charge in [0.05, 0.1) is 12.7 Å². The van der Waals surface area contributed by atoms with E-state index in [0.29, 0.717) is 29.4 Å². The van der Waals surface area contributed by atoms with E-state index in [1.807, 2.05) is 4.90 Å². The number of hydrogen-bond acceptors (Lipinski definition) is 4. The van der Waals surface area contributed by atoms with Gasteiger partial charge in [0, 0.05) is 37.3 Å². The van der Waals surface area contributed by atoms with Crippen LogP contribution in [-0.2, 0) is 6.54 Å². The number of carbonyl (C=O) groups excluding carboxylic acids is 2. The van der Waals surface area contributed by atoms with Crippen LogP contribution in [-0.4, -0.2) is 63.3 Å². The number of likely N-dealkylation sites (N-methyl/N-ethyl adjacent to an activating group) is 1. The molecular formula is C18H22ClN5O2. The summed E-state index contributed by atoms with van der Waals surface area (Å²) in [5.41, 5.74) is 0.940. The summed E-state index contributed by atoms with van der Waals surface area (Å²) in [5, 5.41) is 8.59. The van der Waals surface area contributed by atoms with Crippen LogP contribution >= 0.6 is 11.6 Å². The molecule has 2 heterocycles. The van der Waals surface area contributed by atoms with Crippen molar-refractivity contribution in [2.75, 3.05) is 26.7 Å². The summed E-state index contributed by atoms with van der Waals surface area (Å²) in [6.45, 7) is 2.49. The van der Waals surface area contributed by atoms with Gasteiger partial charge in [0.25, 0.3) is 11.8 Å². The van der Waals surface area contributed by atoms with Crippen molar-refractivity contribution in [1.29, 1.82) is 0 Å². The Labute approximate surface area is 157 Å². The van der Waals surface area contributed by atoms with E-state index in [9.17, 15) is 9.59 Å². The number of likely N-dealkylation sites (tertiary alicyclic amines) is 1. The summed E-state index contributed by atoms with van der Waals surface area (Å²) in [6, 6.07) is 6.79. The van der Waals surface area contributed by atoms with Crippen molar-refractivity contribution in [2.45, 2.75) is 25.8 Å². The van der Waals surface area contributed by atoms with E-state index in [-0.39, 0.29) is 11.8 Å². The lowest BCUT2D eigenvalue weighted by Crippen LogP contribution is -2.35. The van der Waals surface area contributed by atoms with Gasteiger partial charge in [-0.1, -0.05) is 16.8 Å². The molecular weight excluding hydrogens is 354 g/mol. The molecule has 0 aliphatic carbocycles. The maximum atomic E-state index is 12.4. The van der Waals surface area contributed by atoms with Gasteiger partial charge in [-0.2, -0.15) is 0 Å². The number of benzene rings is 1. The molecule has 1 saturated heterocycles. The molecule has 2 aromatic rings. The molecule has 8 heteroatoms. The maximum Gasteiger partial charge on any atom is 0.276 e. The number of amides is 2. The Morgan fingerprint density at radius 3 is 2.54 bits per heavy atom. The molecule has 0 N–H and O–H groups in total. The highest BCUT2D eigenvalue weighted by molar-refractivity contribution is 6.30. The average Bonchev–Trinajstić information content (AvgIpc) is 3.15. The van der Waals surface area contributed by atoms with Crippen molar-refractivity contribution in [3.63, 3.8) is 0 Å². The summed E-state index contributed by atoms with van der Waals surface area (Å²) < 4.78 is 1.60. The predicted octanol–water partition coefficient (Wildman–Crippen LogP) is 2.33. The molecule has 7 nitrogen and oxygen atoms in total. The molecule has 0 spiro atoms. The lowest BCUT2D eigenvalue weighted by atomic mass is 10.1. The van der Waals surface area contributed by atoms with Crippen LogP contribution in [0.15, 0.2) is 30.5 Å². The Kier molecular flexibility index (Phi) is 5.88. The third-order valence-corrected chi connectivity index (χ3v) is 4.76. The smallest absolute Gasteiger partial charge is 0.276 e. The number of piperidine rings is 1. The van der Waals surface area contributed by atoms with Crippen LogP contribution in [0.5, 0.6) is 0 Å². The zero-order valence-electron chi connectivity index (χ0n) is 14.8. The van der Waals surface area contributed by atoms with Crippen LogP contribution < -0.4 is 0 Å². The Hall–Kier alpha value is -2.41. The van der Waals surface area contributed by atoms with Gasteiger partial charge < -0.3 is 9.80 Å². The fourth-order valence-corrected chi connectivity index (χ4v) is 3.06. The topological polar surface area (TPSA) is 71.3 Å². The Morgan fingerprint density at radius 1 is 1.15 bits per heavy atom. The summed E-state index contributed by atoms with van der Waals surface area (Å²) in [4.78, 5) is 28.2. The Balaban J connectivity index is 1.54. The second kappa shape index (κ2) is 8.31. The minimum absolute atomic E-state index is 0.0680. The van der Waals surface area contributed by atoms with Crippen molar-refractivity contribution in [3.8, 4) is 0 Å². The van der Waals surface area contributed by atoms with E-state index >= 15 is 0 Å². The molecule has 0 atom stereocenters. The van der Waals surface area contributed by atoms with Gasteiger partial charge >= 0.3 is 0 Å². The number of nitrogens with zero attached hydrogens (tertiary/aromatic N) is 5. The SMILES string of the molecule is CN(CCn1cc(C(=O)N2CCCCC2)nn1)C(=O)c1ccc(Cl)cc1. The van der Waals surface area contributed by atoms with Crippen LogP contribution in [0.2, 0.25) is 5.02 Å². The third kappa shape index (κ3) is 4.40. The minimum Gasteiger partial charge on any atom is -0.340 e. The molecule has 1 fully saturated rings. The fraction of sp³-hybridized carbons (Fsp3) is 0.444. The van der Waals surface area contributed by atoms with E-state index in [2.05, 4.69) is 10.3 Å². The minimum atomic E-state index is -0.0913. The van der Waals surface area contributed by atoms with Crippen LogP contribution in [0.4, 0.5) is 0 Å². The van der Waals surface area contributed by atoms with Gasteiger partial charge in [-0.25, -0.2) is 4.68 Å². The average molecular weight is 376 g/mol. The molecule has 0 radical (unpaired) electrons. The predicted molar refractivity (Wildman–Crippen MR) is 98.2 cm³/mol. The number of halogens is 1. The number of rotatable bonds is 5. The van der Waals surface area contributed by atoms with E-state index < -0.39 is 0 Å². The number of hydrogen-bond donors (Lipinski definition) is 0. The molecule has 1 aromatic carbocycles. The molecule has 3 rings (SSSR count). The lowest BCUT2D eigenvalue weighted by Gasteiger charge is -2.25. The quantitative estimate of drug-likeness (QED) is 0.804. The molecule has 0 saturated carbocycles. The molecule has 2 amide bonds. The van der Waals surface area contributed by atoms with E-state index in [4.69, 9.17) is 11.6 Å². The molecule has 138 valence electrons. The van der Waals surface area contributed by atoms with Crippen molar-refractivity contribution in [2.24, 2.45) is 0 Å². The van der Waals surface area contributed by atoms with Crippen LogP contribution in [0.25, 0.3) is 0 Å². The van der Waals surface area contributed by atoms with Gasteiger partial charge in [-0.3, -0.25) is 9.59 Å². The van der Waals surface area contributed by atoms with Crippen LogP contribution in [0.3, 0.4) is 0 Å². The monoisotopic (exact) mass is 375 g/mol. The maximum absolute atomic E-state index is 12.4. The molecule has 1 aromatic heterocycles. The molecule has 0 unspecified atom stereocenters. The van der Waals surface area contributed by atoms with Gasteiger partial charge in [-0.05, 0) is 43.5 Å². The highest BCUT2D eigenvalue weighted by atomic mass is 35.5. The van der Waals surface area contributed by atoms with Gasteiger partial charge in [0.2, 0.25) is 0 Å². The van der Waals surface area contributed by atoms with E-state index in [1.165, 1.54) is 6.42 Å². The fourth-order valence-electron chi connectivity index (χ4n) is 2.93. The Morgan fingerprint density at radius 2 is 1.85 bits per heavy atom. The molecule has 26 heavy (non-hydrogen) atoms. The first-order chi connectivity index (χ1) is 12.5. The van der Waals surface area contributed by atoms with Gasteiger partial charge in [0.15, 0.2) is 5.69 Å². The van der Waals surface area contributed by atoms with Crippen molar-refractivity contribution in [3.05, 3.63) is 46.7 Å². The van der Waals surface area contributed by atoms with Crippen molar-refractivity contribution < 1.29 is 9.59 Å². The van der Waals surface area contributed by atoms with E-state index in [0.717, 1.165) is 25.9 Å². The largest absolute Gasteiger partial charge is 0.340 e. The summed E-state index contributed by atoms with van der Waals surface area (Å²) in [7, 11) is 1.73. The molecule has 1 aliphatic heterocycles. The first-order valence-electron chi connectivity index (χ1n) is 8.75. The zero-order valence-corrected chi connectivity index (χ0v) is 15.5. The summed E-state index contributed by atoms with van der Waals surface area (Å²) in [6.07, 6.45) is 4.90. The number of carbonyl (C=O) groups is 2. The van der Waals surface area contributed by atoms with Crippen molar-refractivity contribution in [1.82, 2.24) is 24.8 Å². The van der Waals surface area contributed by atoms with E-state index in [1.54, 1.807) is 47.1 Å². The second-order valence-electron chi connectivity index (χ2n) is 6.45. The standard InChI is InChI=1S/C18H22ClN5O2/c1-22(17(25)14-5-7-15(19)8-6-14)11-12-24-13-16(20-21-24)18(26)23-9-3-2-4-10-23/h5-8,13H,2-4,9-12H2,1H3.